The zero-order chi connectivity index (χ0) is 15.8. The summed E-state index contributed by atoms with van der Waals surface area (Å²) in [5, 5.41) is 3.03. The number of nitrogens with zero attached hydrogens (tertiary/aromatic N) is 1. The molecule has 0 spiro atoms. The standard InChI is InChI=1S/C18H28N2OS.H2/c1-15-4-6-17(7-5-15)22-14-18(21)19-10-3-11-20-12-8-16(2)9-13-20;/h4-7,16H,3,8-14H2,1-2H3,(H,19,21);1H. The van der Waals surface area contributed by atoms with Gasteiger partial charge in [0.2, 0.25) is 5.91 Å². The number of piperidine rings is 1. The Labute approximate surface area is 140 Å². The van der Waals surface area contributed by atoms with Gasteiger partial charge in [0.25, 0.3) is 0 Å². The van der Waals surface area contributed by atoms with Crippen molar-refractivity contribution in [2.45, 2.75) is 38.0 Å². The van der Waals surface area contributed by atoms with E-state index in [9.17, 15) is 4.79 Å². The number of hydrogen-bond donors (Lipinski definition) is 1. The minimum absolute atomic E-state index is 0. The van der Waals surface area contributed by atoms with E-state index < -0.39 is 0 Å². The number of thioether (sulfide) groups is 1. The van der Waals surface area contributed by atoms with E-state index in [1.165, 1.54) is 31.5 Å². The molecule has 0 unspecified atom stereocenters. The fraction of sp³-hybridized carbons (Fsp3) is 0.611. The topological polar surface area (TPSA) is 32.3 Å². The molecule has 1 amide bonds. The van der Waals surface area contributed by atoms with Crippen LogP contribution in [-0.2, 0) is 4.79 Å². The van der Waals surface area contributed by atoms with Gasteiger partial charge in [0, 0.05) is 12.9 Å². The van der Waals surface area contributed by atoms with Crippen molar-refractivity contribution in [1.82, 2.24) is 10.2 Å². The Hall–Kier alpha value is -1.00. The van der Waals surface area contributed by atoms with E-state index in [1.54, 1.807) is 11.8 Å². The first kappa shape index (κ1) is 17.4. The van der Waals surface area contributed by atoms with Crippen molar-refractivity contribution in [2.24, 2.45) is 5.92 Å². The van der Waals surface area contributed by atoms with Gasteiger partial charge < -0.3 is 10.2 Å². The van der Waals surface area contributed by atoms with Crippen LogP contribution in [0.15, 0.2) is 29.2 Å². The molecule has 1 aromatic carbocycles. The van der Waals surface area contributed by atoms with Crippen molar-refractivity contribution >= 4 is 17.7 Å². The van der Waals surface area contributed by atoms with Gasteiger partial charge in [-0.15, -0.1) is 11.8 Å². The van der Waals surface area contributed by atoms with Crippen LogP contribution in [-0.4, -0.2) is 42.7 Å². The summed E-state index contributed by atoms with van der Waals surface area (Å²) < 4.78 is 0. The van der Waals surface area contributed by atoms with Crippen LogP contribution >= 0.6 is 11.8 Å². The van der Waals surface area contributed by atoms with Crippen LogP contribution in [0.5, 0.6) is 0 Å². The quantitative estimate of drug-likeness (QED) is 0.615. The zero-order valence-corrected chi connectivity index (χ0v) is 14.6. The summed E-state index contributed by atoms with van der Waals surface area (Å²) in [7, 11) is 0. The number of hydrogen-bond acceptors (Lipinski definition) is 3. The SMILES string of the molecule is Cc1ccc(SCC(=O)NCCCN2CCC(C)CC2)cc1.[HH]. The molecule has 1 N–H and O–H groups in total. The van der Waals surface area contributed by atoms with Crippen LogP contribution in [0.2, 0.25) is 0 Å². The summed E-state index contributed by atoms with van der Waals surface area (Å²) in [6, 6.07) is 8.31. The maximum absolute atomic E-state index is 11.8. The second kappa shape index (κ2) is 9.21. The first-order valence-corrected chi connectivity index (χ1v) is 9.30. The number of aryl methyl sites for hydroxylation is 1. The number of likely N-dealkylation sites (tertiary alicyclic amines) is 1. The lowest BCUT2D eigenvalue weighted by Crippen LogP contribution is -2.35. The van der Waals surface area contributed by atoms with Gasteiger partial charge in [-0.25, -0.2) is 0 Å². The van der Waals surface area contributed by atoms with Gasteiger partial charge in [-0.05, 0) is 63.9 Å². The van der Waals surface area contributed by atoms with Crippen LogP contribution in [0.4, 0.5) is 0 Å². The minimum Gasteiger partial charge on any atom is -0.355 e. The molecule has 1 fully saturated rings. The Kier molecular flexibility index (Phi) is 7.26. The summed E-state index contributed by atoms with van der Waals surface area (Å²) in [5.74, 6) is 1.53. The highest BCUT2D eigenvalue weighted by molar-refractivity contribution is 8.00. The van der Waals surface area contributed by atoms with Crippen molar-refractivity contribution < 1.29 is 6.22 Å². The van der Waals surface area contributed by atoms with E-state index >= 15 is 0 Å². The number of amides is 1. The molecule has 0 aliphatic carbocycles. The molecule has 1 aliphatic rings. The Morgan fingerprint density at radius 1 is 1.32 bits per heavy atom. The molecule has 0 saturated carbocycles. The smallest absolute Gasteiger partial charge is 0.230 e. The highest BCUT2D eigenvalue weighted by Crippen LogP contribution is 2.18. The average Bonchev–Trinajstić information content (AvgIpc) is 2.53. The predicted octanol–water partition coefficient (Wildman–Crippen LogP) is 3.57. The third-order valence-electron chi connectivity index (χ3n) is 4.24. The maximum Gasteiger partial charge on any atom is 0.230 e. The van der Waals surface area contributed by atoms with Gasteiger partial charge in [0.05, 0.1) is 5.75 Å². The van der Waals surface area contributed by atoms with E-state index in [0.29, 0.717) is 5.75 Å². The fourth-order valence-corrected chi connectivity index (χ4v) is 3.38. The molecule has 3 nitrogen and oxygen atoms in total. The summed E-state index contributed by atoms with van der Waals surface area (Å²) >= 11 is 1.60. The van der Waals surface area contributed by atoms with Crippen molar-refractivity contribution in [2.75, 3.05) is 31.9 Å². The Morgan fingerprint density at radius 2 is 2.00 bits per heavy atom. The van der Waals surface area contributed by atoms with Crippen molar-refractivity contribution in [1.29, 1.82) is 0 Å². The molecule has 124 valence electrons. The molecule has 1 aliphatic heterocycles. The van der Waals surface area contributed by atoms with Crippen LogP contribution < -0.4 is 5.32 Å². The lowest BCUT2D eigenvalue weighted by molar-refractivity contribution is -0.118. The van der Waals surface area contributed by atoms with Gasteiger partial charge >= 0.3 is 0 Å². The second-order valence-electron chi connectivity index (χ2n) is 6.33. The van der Waals surface area contributed by atoms with Gasteiger partial charge in [0.15, 0.2) is 0 Å². The molecule has 1 saturated heterocycles. The molecule has 0 bridgehead atoms. The highest BCUT2D eigenvalue weighted by Gasteiger charge is 2.14. The molecule has 2 rings (SSSR count). The molecule has 0 radical (unpaired) electrons. The Balaban J connectivity index is 0.00000264. The normalized spacial score (nSPS) is 16.6. The summed E-state index contributed by atoms with van der Waals surface area (Å²) in [6.07, 6.45) is 3.69. The van der Waals surface area contributed by atoms with E-state index in [-0.39, 0.29) is 7.33 Å². The largest absolute Gasteiger partial charge is 0.355 e. The molecule has 1 aromatic rings. The predicted molar refractivity (Wildman–Crippen MR) is 96.5 cm³/mol. The van der Waals surface area contributed by atoms with E-state index in [1.807, 2.05) is 0 Å². The van der Waals surface area contributed by atoms with Crippen molar-refractivity contribution in [3.8, 4) is 0 Å². The molecule has 1 heterocycles. The van der Waals surface area contributed by atoms with Gasteiger partial charge in [-0.1, -0.05) is 24.6 Å². The number of carbonyl (C=O) groups is 1. The van der Waals surface area contributed by atoms with E-state index in [2.05, 4.69) is 48.3 Å². The molecular formula is C18H30N2OS. The lowest BCUT2D eigenvalue weighted by Gasteiger charge is -2.30. The van der Waals surface area contributed by atoms with Crippen molar-refractivity contribution in [3.05, 3.63) is 29.8 Å². The van der Waals surface area contributed by atoms with Gasteiger partial charge in [-0.3, -0.25) is 4.79 Å². The van der Waals surface area contributed by atoms with Gasteiger partial charge in [0.1, 0.15) is 0 Å². The van der Waals surface area contributed by atoms with Gasteiger partial charge in [-0.2, -0.15) is 0 Å². The monoisotopic (exact) mass is 322 g/mol. The lowest BCUT2D eigenvalue weighted by atomic mass is 9.99. The van der Waals surface area contributed by atoms with E-state index in [0.717, 1.165) is 30.3 Å². The van der Waals surface area contributed by atoms with Crippen molar-refractivity contribution in [3.63, 3.8) is 0 Å². The Bertz CT molecular complexity index is 459. The molecule has 0 atom stereocenters. The van der Waals surface area contributed by atoms with Crippen LogP contribution in [0.3, 0.4) is 0 Å². The average molecular weight is 323 g/mol. The molecule has 22 heavy (non-hydrogen) atoms. The maximum atomic E-state index is 11.8. The number of benzene rings is 1. The third kappa shape index (κ3) is 6.41. The second-order valence-corrected chi connectivity index (χ2v) is 7.38. The third-order valence-corrected chi connectivity index (χ3v) is 5.25. The highest BCUT2D eigenvalue weighted by atomic mass is 32.2. The summed E-state index contributed by atoms with van der Waals surface area (Å²) in [4.78, 5) is 15.5. The Morgan fingerprint density at radius 3 is 2.68 bits per heavy atom. The number of carbonyl (C=O) groups excluding carboxylic acids is 1. The molecule has 4 heteroatoms. The van der Waals surface area contributed by atoms with Crippen LogP contribution in [0, 0.1) is 12.8 Å². The number of rotatable bonds is 7. The molecule has 0 aromatic heterocycles. The zero-order valence-electron chi connectivity index (χ0n) is 13.8. The molecular weight excluding hydrogens is 292 g/mol. The fourth-order valence-electron chi connectivity index (χ4n) is 2.65. The van der Waals surface area contributed by atoms with Crippen LogP contribution in [0.1, 0.15) is 33.2 Å². The first-order valence-electron chi connectivity index (χ1n) is 8.32. The summed E-state index contributed by atoms with van der Waals surface area (Å²) in [6.45, 7) is 8.75. The minimum atomic E-state index is 0. The van der Waals surface area contributed by atoms with E-state index in [4.69, 9.17) is 0 Å². The number of nitrogens with one attached hydrogen (secondary N) is 1. The first-order chi connectivity index (χ1) is 10.6. The summed E-state index contributed by atoms with van der Waals surface area (Å²) in [5.41, 5.74) is 1.25. The van der Waals surface area contributed by atoms with Crippen LogP contribution in [0.25, 0.3) is 0 Å².